The van der Waals surface area contributed by atoms with E-state index in [9.17, 15) is 5.26 Å². The van der Waals surface area contributed by atoms with Crippen molar-refractivity contribution >= 4 is 77.9 Å². The van der Waals surface area contributed by atoms with E-state index >= 15 is 0 Å². The molecule has 14 heteroatoms. The fraction of sp³-hybridized carbons (Fsp3) is 0.306. The van der Waals surface area contributed by atoms with Gasteiger partial charge >= 0.3 is 0 Å². The Labute approximate surface area is 309 Å². The highest BCUT2D eigenvalue weighted by Gasteiger charge is 2.27. The standard InChI is InChI=1S/C18H20ClN5S.C18H16ClN5S/c2*19-14-3-1-13(2-4-14)16(11-20)23-6-8-24(9-7-23)18-17-15(5-10-25-17)21-12-22-18/h1-5,10,12,16H,6-9,11,20H2;1-5,10,12,16H,6-9H2. The Kier molecular flexibility index (Phi) is 11.0. The summed E-state index contributed by atoms with van der Waals surface area (Å²) in [4.78, 5) is 27.0. The molecule has 2 atom stereocenters. The molecule has 6 aromatic rings. The predicted octanol–water partition coefficient (Wildman–Crippen LogP) is 6.90. The van der Waals surface area contributed by atoms with Crippen molar-refractivity contribution in [3.8, 4) is 6.07 Å². The van der Waals surface area contributed by atoms with Gasteiger partial charge < -0.3 is 15.5 Å². The van der Waals surface area contributed by atoms with E-state index in [0.717, 1.165) is 90.3 Å². The monoisotopic (exact) mass is 742 g/mol. The molecule has 10 nitrogen and oxygen atoms in total. The van der Waals surface area contributed by atoms with Crippen LogP contribution >= 0.6 is 45.9 Å². The van der Waals surface area contributed by atoms with Gasteiger partial charge in [0.25, 0.3) is 0 Å². The second-order valence-electron chi connectivity index (χ2n) is 12.1. The summed E-state index contributed by atoms with van der Waals surface area (Å²) in [7, 11) is 0. The van der Waals surface area contributed by atoms with E-state index in [1.165, 1.54) is 10.3 Å². The third-order valence-corrected chi connectivity index (χ3v) is 11.6. The molecule has 2 aliphatic heterocycles. The summed E-state index contributed by atoms with van der Waals surface area (Å²) in [5.41, 5.74) is 10.3. The first kappa shape index (κ1) is 34.5. The molecule has 2 aliphatic rings. The Bertz CT molecular complexity index is 2050. The van der Waals surface area contributed by atoms with Crippen LogP contribution < -0.4 is 15.5 Å². The van der Waals surface area contributed by atoms with E-state index in [0.29, 0.717) is 11.6 Å². The molecule has 2 fully saturated rings. The Balaban J connectivity index is 0.000000157. The lowest BCUT2D eigenvalue weighted by atomic mass is 10.0. The molecule has 0 bridgehead atoms. The Morgan fingerprint density at radius 1 is 0.640 bits per heavy atom. The SMILES string of the molecule is N#CC(c1ccc(Cl)cc1)N1CCN(c2ncnc3ccsc23)CC1.NCC(c1ccc(Cl)cc1)N1CCN(c2ncnc3ccsc23)CC1. The molecule has 2 saturated heterocycles. The van der Waals surface area contributed by atoms with Crippen molar-refractivity contribution in [1.82, 2.24) is 29.7 Å². The van der Waals surface area contributed by atoms with Crippen molar-refractivity contribution < 1.29 is 0 Å². The van der Waals surface area contributed by atoms with Crippen molar-refractivity contribution in [2.45, 2.75) is 12.1 Å². The molecule has 2 aromatic carbocycles. The van der Waals surface area contributed by atoms with Crippen molar-refractivity contribution in [3.05, 3.63) is 105 Å². The number of halogens is 2. The number of thiophene rings is 2. The normalized spacial score (nSPS) is 16.9. The summed E-state index contributed by atoms with van der Waals surface area (Å²) in [6.45, 7) is 7.72. The topological polar surface area (TPSA) is 114 Å². The Hall–Kier alpha value is -3.93. The lowest BCUT2D eigenvalue weighted by molar-refractivity contribution is 0.190. The molecular weight excluding hydrogens is 708 g/mol. The van der Waals surface area contributed by atoms with Crippen LogP contribution in [-0.4, -0.2) is 88.6 Å². The number of hydrogen-bond donors (Lipinski definition) is 1. The lowest BCUT2D eigenvalue weighted by Gasteiger charge is -2.39. The van der Waals surface area contributed by atoms with Crippen LogP contribution in [-0.2, 0) is 0 Å². The number of nitrogens with two attached hydrogens (primary N) is 1. The van der Waals surface area contributed by atoms with Crippen molar-refractivity contribution in [3.63, 3.8) is 0 Å². The van der Waals surface area contributed by atoms with Gasteiger partial charge in [-0.2, -0.15) is 5.26 Å². The molecule has 256 valence electrons. The zero-order chi connectivity index (χ0) is 34.5. The number of nitrogens with zero attached hydrogens (tertiary/aromatic N) is 9. The van der Waals surface area contributed by atoms with Gasteiger partial charge in [-0.3, -0.25) is 9.80 Å². The zero-order valence-electron chi connectivity index (χ0n) is 27.3. The third kappa shape index (κ3) is 7.55. The van der Waals surface area contributed by atoms with Gasteiger partial charge in [0, 0.05) is 75.0 Å². The molecule has 50 heavy (non-hydrogen) atoms. The molecule has 0 aliphatic carbocycles. The second-order valence-corrected chi connectivity index (χ2v) is 14.8. The summed E-state index contributed by atoms with van der Waals surface area (Å²) in [6, 6.07) is 22.0. The number of nitriles is 1. The van der Waals surface area contributed by atoms with E-state index in [1.807, 2.05) is 53.9 Å². The van der Waals surface area contributed by atoms with Gasteiger partial charge in [0.15, 0.2) is 0 Å². The van der Waals surface area contributed by atoms with Gasteiger partial charge in [0.1, 0.15) is 30.3 Å². The van der Waals surface area contributed by atoms with Crippen LogP contribution in [0.25, 0.3) is 20.4 Å². The first-order valence-corrected chi connectivity index (χ1v) is 19.0. The largest absolute Gasteiger partial charge is 0.353 e. The van der Waals surface area contributed by atoms with Gasteiger partial charge in [0.2, 0.25) is 0 Å². The zero-order valence-corrected chi connectivity index (χ0v) is 30.4. The number of aromatic nitrogens is 4. The molecule has 0 radical (unpaired) electrons. The number of hydrogen-bond acceptors (Lipinski definition) is 12. The smallest absolute Gasteiger partial charge is 0.150 e. The maximum absolute atomic E-state index is 9.64. The van der Waals surface area contributed by atoms with Gasteiger partial charge in [-0.05, 0) is 58.3 Å². The number of fused-ring (bicyclic) bond motifs is 2. The summed E-state index contributed by atoms with van der Waals surface area (Å²) in [6.07, 6.45) is 3.29. The van der Waals surface area contributed by atoms with Crippen molar-refractivity contribution in [2.75, 3.05) is 68.7 Å². The minimum Gasteiger partial charge on any atom is -0.353 e. The van der Waals surface area contributed by atoms with Crippen molar-refractivity contribution in [2.24, 2.45) is 5.73 Å². The van der Waals surface area contributed by atoms with Crippen molar-refractivity contribution in [1.29, 1.82) is 5.26 Å². The van der Waals surface area contributed by atoms with E-state index in [4.69, 9.17) is 28.9 Å². The highest BCUT2D eigenvalue weighted by molar-refractivity contribution is 7.18. The first-order chi connectivity index (χ1) is 24.5. The highest BCUT2D eigenvalue weighted by Crippen LogP contribution is 2.32. The van der Waals surface area contributed by atoms with Gasteiger partial charge in [-0.15, -0.1) is 22.7 Å². The maximum atomic E-state index is 9.64. The van der Waals surface area contributed by atoms with Crippen LogP contribution in [0.3, 0.4) is 0 Å². The number of piperazine rings is 2. The van der Waals surface area contributed by atoms with E-state index in [2.05, 4.69) is 63.1 Å². The molecule has 0 saturated carbocycles. The fourth-order valence-electron chi connectivity index (χ4n) is 6.63. The molecule has 2 N–H and O–H groups in total. The Morgan fingerprint density at radius 2 is 1.10 bits per heavy atom. The molecular formula is C36H36Cl2N10S2. The van der Waals surface area contributed by atoms with Crippen LogP contribution in [0.4, 0.5) is 11.6 Å². The van der Waals surface area contributed by atoms with Crippen LogP contribution in [0.5, 0.6) is 0 Å². The number of rotatable bonds is 7. The Morgan fingerprint density at radius 3 is 1.56 bits per heavy atom. The van der Waals surface area contributed by atoms with E-state index in [1.54, 1.807) is 35.3 Å². The minimum atomic E-state index is -0.244. The van der Waals surface area contributed by atoms with Crippen LogP contribution in [0.1, 0.15) is 23.2 Å². The maximum Gasteiger partial charge on any atom is 0.150 e. The molecule has 6 heterocycles. The number of benzene rings is 2. The molecule has 8 rings (SSSR count). The number of anilines is 2. The van der Waals surface area contributed by atoms with E-state index in [-0.39, 0.29) is 12.1 Å². The van der Waals surface area contributed by atoms with Gasteiger partial charge in [0.05, 0.1) is 26.5 Å². The van der Waals surface area contributed by atoms with Crippen LogP contribution in [0.15, 0.2) is 84.1 Å². The average molecular weight is 744 g/mol. The van der Waals surface area contributed by atoms with Crippen LogP contribution in [0, 0.1) is 11.3 Å². The summed E-state index contributed by atoms with van der Waals surface area (Å²) in [5.74, 6) is 2.05. The quantitative estimate of drug-likeness (QED) is 0.185. The lowest BCUT2D eigenvalue weighted by Crippen LogP contribution is -2.49. The highest BCUT2D eigenvalue weighted by atomic mass is 35.5. The molecule has 0 amide bonds. The summed E-state index contributed by atoms with van der Waals surface area (Å²) >= 11 is 15.3. The second kappa shape index (κ2) is 16.0. The predicted molar refractivity (Wildman–Crippen MR) is 205 cm³/mol. The van der Waals surface area contributed by atoms with Gasteiger partial charge in [-0.1, -0.05) is 47.5 Å². The minimum absolute atomic E-state index is 0.228. The van der Waals surface area contributed by atoms with Crippen LogP contribution in [0.2, 0.25) is 10.0 Å². The molecule has 0 spiro atoms. The summed E-state index contributed by atoms with van der Waals surface area (Å²) < 4.78 is 2.30. The first-order valence-electron chi connectivity index (χ1n) is 16.5. The molecule has 2 unspecified atom stereocenters. The van der Waals surface area contributed by atoms with E-state index < -0.39 is 0 Å². The average Bonchev–Trinajstić information content (AvgIpc) is 3.85. The molecule has 4 aromatic heterocycles. The third-order valence-electron chi connectivity index (χ3n) is 9.27. The fourth-order valence-corrected chi connectivity index (χ4v) is 8.61. The summed E-state index contributed by atoms with van der Waals surface area (Å²) in [5, 5.41) is 15.2. The van der Waals surface area contributed by atoms with Gasteiger partial charge in [-0.25, -0.2) is 19.9 Å².